The number of halogens is 1. The Morgan fingerprint density at radius 1 is 1.08 bits per heavy atom. The third kappa shape index (κ3) is 3.18. The van der Waals surface area contributed by atoms with Gasteiger partial charge in [0.2, 0.25) is 0 Å². The molecule has 0 amide bonds. The summed E-state index contributed by atoms with van der Waals surface area (Å²) in [5, 5.41) is 14.4. The van der Waals surface area contributed by atoms with Gasteiger partial charge < -0.3 is 0 Å². The summed E-state index contributed by atoms with van der Waals surface area (Å²) in [6.07, 6.45) is 2.77. The smallest absolute Gasteiger partial charge is 0.175 e. The van der Waals surface area contributed by atoms with E-state index >= 15 is 0 Å². The van der Waals surface area contributed by atoms with Crippen LogP contribution in [0.25, 0.3) is 16.9 Å². The number of nitriles is 1. The number of sulfone groups is 1. The first-order valence-electron chi connectivity index (χ1n) is 6.95. The Kier molecular flexibility index (Phi) is 4.14. The summed E-state index contributed by atoms with van der Waals surface area (Å²) in [5.41, 5.74) is 2.41. The Bertz CT molecular complexity index is 1030. The van der Waals surface area contributed by atoms with Crippen molar-refractivity contribution in [2.24, 2.45) is 0 Å². The van der Waals surface area contributed by atoms with Gasteiger partial charge in [0.05, 0.1) is 16.1 Å². The summed E-state index contributed by atoms with van der Waals surface area (Å²) in [6.45, 7) is 0. The van der Waals surface area contributed by atoms with Crippen molar-refractivity contribution in [1.82, 2.24) is 9.78 Å². The van der Waals surface area contributed by atoms with E-state index in [0.717, 1.165) is 11.8 Å². The molecule has 0 fully saturated rings. The van der Waals surface area contributed by atoms with E-state index in [1.165, 1.54) is 12.1 Å². The van der Waals surface area contributed by atoms with Crippen molar-refractivity contribution in [3.8, 4) is 23.0 Å². The molecule has 0 spiro atoms. The van der Waals surface area contributed by atoms with E-state index in [1.54, 1.807) is 47.3 Å². The number of aromatic nitrogens is 2. The average Bonchev–Trinajstić information content (AvgIpc) is 2.99. The van der Waals surface area contributed by atoms with Crippen molar-refractivity contribution >= 4 is 21.4 Å². The van der Waals surface area contributed by atoms with Crippen LogP contribution in [0.15, 0.2) is 59.6 Å². The fourth-order valence-electron chi connectivity index (χ4n) is 2.26. The van der Waals surface area contributed by atoms with Gasteiger partial charge in [-0.25, -0.2) is 13.1 Å². The Hall–Kier alpha value is -2.62. The van der Waals surface area contributed by atoms with Gasteiger partial charge in [-0.2, -0.15) is 10.4 Å². The molecule has 3 rings (SSSR count). The zero-order valence-electron chi connectivity index (χ0n) is 12.6. The molecule has 0 radical (unpaired) electrons. The van der Waals surface area contributed by atoms with E-state index in [9.17, 15) is 13.7 Å². The van der Waals surface area contributed by atoms with Crippen LogP contribution in [-0.4, -0.2) is 24.5 Å². The molecule has 1 heterocycles. The highest BCUT2D eigenvalue weighted by atomic mass is 35.5. The van der Waals surface area contributed by atoms with Crippen molar-refractivity contribution < 1.29 is 8.42 Å². The molecule has 2 aromatic carbocycles. The molecule has 3 aromatic rings. The quantitative estimate of drug-likeness (QED) is 0.719. The molecule has 5 nitrogen and oxygen atoms in total. The molecule has 0 unspecified atom stereocenters. The Morgan fingerprint density at radius 3 is 2.25 bits per heavy atom. The molecular weight excluding hydrogens is 346 g/mol. The summed E-state index contributed by atoms with van der Waals surface area (Å²) >= 11 is 5.89. The lowest BCUT2D eigenvalue weighted by Gasteiger charge is -2.03. The summed E-state index contributed by atoms with van der Waals surface area (Å²) in [4.78, 5) is 0.233. The first-order chi connectivity index (χ1) is 11.4. The minimum Gasteiger partial charge on any atom is -0.239 e. The van der Waals surface area contributed by atoms with E-state index in [0.29, 0.717) is 22.0 Å². The third-order valence-corrected chi connectivity index (χ3v) is 4.86. The lowest BCUT2D eigenvalue weighted by molar-refractivity contribution is 0.602. The molecule has 7 heteroatoms. The first kappa shape index (κ1) is 16.2. The highest BCUT2D eigenvalue weighted by Crippen LogP contribution is 2.25. The maximum Gasteiger partial charge on any atom is 0.175 e. The molecule has 0 aliphatic heterocycles. The van der Waals surface area contributed by atoms with Crippen LogP contribution in [0.5, 0.6) is 0 Å². The molecule has 0 aliphatic carbocycles. The van der Waals surface area contributed by atoms with E-state index in [2.05, 4.69) is 11.2 Å². The van der Waals surface area contributed by atoms with Crippen LogP contribution in [0.4, 0.5) is 0 Å². The van der Waals surface area contributed by atoms with Crippen molar-refractivity contribution in [3.05, 3.63) is 65.3 Å². The normalized spacial score (nSPS) is 11.2. The van der Waals surface area contributed by atoms with E-state index in [1.807, 2.05) is 0 Å². The van der Waals surface area contributed by atoms with Gasteiger partial charge in [0.15, 0.2) is 9.84 Å². The van der Waals surface area contributed by atoms with Crippen LogP contribution in [0, 0.1) is 11.3 Å². The van der Waals surface area contributed by atoms with Crippen molar-refractivity contribution in [3.63, 3.8) is 0 Å². The summed E-state index contributed by atoms with van der Waals surface area (Å²) < 4.78 is 24.6. The molecule has 1 aromatic heterocycles. The fourth-order valence-corrected chi connectivity index (χ4v) is 3.01. The maximum absolute atomic E-state index is 11.5. The van der Waals surface area contributed by atoms with Crippen LogP contribution < -0.4 is 0 Å². The molecule has 0 saturated carbocycles. The molecular formula is C17H12ClN3O2S. The van der Waals surface area contributed by atoms with Gasteiger partial charge >= 0.3 is 0 Å². The van der Waals surface area contributed by atoms with E-state index < -0.39 is 9.84 Å². The van der Waals surface area contributed by atoms with Gasteiger partial charge in [-0.1, -0.05) is 23.7 Å². The van der Waals surface area contributed by atoms with Crippen molar-refractivity contribution in [1.29, 1.82) is 5.26 Å². The van der Waals surface area contributed by atoms with Crippen LogP contribution >= 0.6 is 11.6 Å². The third-order valence-electron chi connectivity index (χ3n) is 3.48. The highest BCUT2D eigenvalue weighted by Gasteiger charge is 2.13. The molecule has 0 bridgehead atoms. The van der Waals surface area contributed by atoms with Gasteiger partial charge in [-0.15, -0.1) is 0 Å². The predicted molar refractivity (Wildman–Crippen MR) is 91.8 cm³/mol. The monoisotopic (exact) mass is 357 g/mol. The minimum atomic E-state index is -3.25. The summed E-state index contributed by atoms with van der Waals surface area (Å²) in [7, 11) is -3.25. The number of benzene rings is 2. The lowest BCUT2D eigenvalue weighted by atomic mass is 10.1. The maximum atomic E-state index is 11.5. The average molecular weight is 358 g/mol. The Morgan fingerprint density at radius 2 is 1.71 bits per heavy atom. The summed E-state index contributed by atoms with van der Waals surface area (Å²) in [5.74, 6) is 0. The lowest BCUT2D eigenvalue weighted by Crippen LogP contribution is -1.99. The zero-order valence-corrected chi connectivity index (χ0v) is 14.2. The molecule has 0 atom stereocenters. The predicted octanol–water partition coefficient (Wildman–Crippen LogP) is 3.47. The number of rotatable bonds is 3. The molecule has 0 N–H and O–H groups in total. The van der Waals surface area contributed by atoms with E-state index in [4.69, 9.17) is 11.6 Å². The van der Waals surface area contributed by atoms with Crippen LogP contribution in [-0.2, 0) is 9.84 Å². The summed E-state index contributed by atoms with van der Waals surface area (Å²) in [6, 6.07) is 15.5. The Balaban J connectivity index is 2.04. The molecule has 24 heavy (non-hydrogen) atoms. The van der Waals surface area contributed by atoms with Crippen LogP contribution in [0.1, 0.15) is 5.56 Å². The SMILES string of the molecule is CS(=O)(=O)c1ccc(-n2cc(C#N)c(-c3ccc(Cl)cc3)n2)cc1. The highest BCUT2D eigenvalue weighted by molar-refractivity contribution is 7.90. The van der Waals surface area contributed by atoms with Gasteiger partial charge in [-0.3, -0.25) is 0 Å². The standard InChI is InChI=1S/C17H12ClN3O2S/c1-24(22,23)16-8-6-15(7-9-16)21-11-13(10-19)17(20-21)12-2-4-14(18)5-3-12/h2-9,11H,1H3. The molecule has 0 saturated heterocycles. The second-order valence-corrected chi connectivity index (χ2v) is 7.67. The van der Waals surface area contributed by atoms with Gasteiger partial charge in [0.1, 0.15) is 11.8 Å². The Labute approximate surface area is 144 Å². The van der Waals surface area contributed by atoms with E-state index in [-0.39, 0.29) is 4.90 Å². The molecule has 0 aliphatic rings. The largest absolute Gasteiger partial charge is 0.239 e. The van der Waals surface area contributed by atoms with Crippen LogP contribution in [0.2, 0.25) is 5.02 Å². The van der Waals surface area contributed by atoms with Gasteiger partial charge in [0.25, 0.3) is 0 Å². The second kappa shape index (κ2) is 6.11. The second-order valence-electron chi connectivity index (χ2n) is 5.22. The fraction of sp³-hybridized carbons (Fsp3) is 0.0588. The number of hydrogen-bond acceptors (Lipinski definition) is 4. The number of hydrogen-bond donors (Lipinski definition) is 0. The zero-order chi connectivity index (χ0) is 17.3. The topological polar surface area (TPSA) is 75.8 Å². The first-order valence-corrected chi connectivity index (χ1v) is 9.21. The van der Waals surface area contributed by atoms with Crippen molar-refractivity contribution in [2.75, 3.05) is 6.26 Å². The number of nitrogens with zero attached hydrogens (tertiary/aromatic N) is 3. The van der Waals surface area contributed by atoms with Gasteiger partial charge in [-0.05, 0) is 36.4 Å². The minimum absolute atomic E-state index is 0.233. The van der Waals surface area contributed by atoms with Crippen LogP contribution in [0.3, 0.4) is 0 Å². The van der Waals surface area contributed by atoms with Gasteiger partial charge in [0, 0.05) is 23.0 Å². The van der Waals surface area contributed by atoms with Crippen molar-refractivity contribution in [2.45, 2.75) is 4.90 Å². The molecule has 120 valence electrons.